The first-order valence-electron chi connectivity index (χ1n) is 10.3. The molecule has 0 spiro atoms. The molecule has 0 aliphatic carbocycles. The second-order valence-corrected chi connectivity index (χ2v) is 8.78. The highest BCUT2D eigenvalue weighted by Crippen LogP contribution is 2.32. The summed E-state index contributed by atoms with van der Waals surface area (Å²) in [5, 5.41) is 3.49. The number of piperazine rings is 1. The van der Waals surface area contributed by atoms with Crippen LogP contribution < -0.4 is 15.0 Å². The van der Waals surface area contributed by atoms with E-state index in [9.17, 15) is 9.59 Å². The van der Waals surface area contributed by atoms with Crippen LogP contribution in [0.15, 0.2) is 36.4 Å². The Labute approximate surface area is 193 Å². The van der Waals surface area contributed by atoms with Gasteiger partial charge in [-0.1, -0.05) is 37.0 Å². The molecule has 31 heavy (non-hydrogen) atoms. The molecule has 166 valence electrons. The van der Waals surface area contributed by atoms with Gasteiger partial charge in [0.15, 0.2) is 0 Å². The number of benzene rings is 2. The maximum Gasteiger partial charge on any atom is 0.259 e. The van der Waals surface area contributed by atoms with Crippen molar-refractivity contribution in [1.29, 1.82) is 0 Å². The van der Waals surface area contributed by atoms with E-state index in [-0.39, 0.29) is 28.1 Å². The second kappa shape index (κ2) is 10.2. The summed E-state index contributed by atoms with van der Waals surface area (Å²) in [4.78, 5) is 29.1. The van der Waals surface area contributed by atoms with Crippen molar-refractivity contribution in [2.24, 2.45) is 5.92 Å². The van der Waals surface area contributed by atoms with Crippen LogP contribution in [-0.4, -0.2) is 50.0 Å². The highest BCUT2D eigenvalue weighted by molar-refractivity contribution is 6.36. The molecule has 0 unspecified atom stereocenters. The number of amides is 2. The summed E-state index contributed by atoms with van der Waals surface area (Å²) in [5.74, 6) is 0.525. The molecule has 1 fully saturated rings. The molecule has 0 saturated carbocycles. The van der Waals surface area contributed by atoms with Gasteiger partial charge in [-0.05, 0) is 42.3 Å². The molecule has 2 aromatic rings. The minimum atomic E-state index is -0.355. The van der Waals surface area contributed by atoms with Crippen LogP contribution in [-0.2, 0) is 4.79 Å². The number of carbonyl (C=O) groups excluding carboxylic acids is 2. The Bertz CT molecular complexity index is 940. The summed E-state index contributed by atoms with van der Waals surface area (Å²) in [7, 11) is 1.46. The molecule has 1 saturated heterocycles. The number of nitrogens with zero attached hydrogens (tertiary/aromatic N) is 2. The fourth-order valence-corrected chi connectivity index (χ4v) is 4.15. The molecule has 1 aliphatic rings. The Kier molecular flexibility index (Phi) is 7.68. The summed E-state index contributed by atoms with van der Waals surface area (Å²) in [6.45, 7) is 7.14. The van der Waals surface area contributed by atoms with Crippen LogP contribution in [0.3, 0.4) is 0 Å². The highest BCUT2D eigenvalue weighted by Gasteiger charge is 2.22. The van der Waals surface area contributed by atoms with Gasteiger partial charge in [-0.3, -0.25) is 9.59 Å². The molecule has 6 nitrogen and oxygen atoms in total. The summed E-state index contributed by atoms with van der Waals surface area (Å²) in [6.07, 6.45) is 0.594. The molecule has 1 heterocycles. The average molecular weight is 464 g/mol. The third-order valence-electron chi connectivity index (χ3n) is 5.16. The minimum Gasteiger partial charge on any atom is -0.494 e. The zero-order valence-electron chi connectivity index (χ0n) is 18.0. The monoisotopic (exact) mass is 463 g/mol. The Morgan fingerprint density at radius 3 is 2.29 bits per heavy atom. The molecule has 2 amide bonds. The lowest BCUT2D eigenvalue weighted by Gasteiger charge is -2.36. The highest BCUT2D eigenvalue weighted by atomic mass is 35.5. The van der Waals surface area contributed by atoms with Crippen molar-refractivity contribution in [3.63, 3.8) is 0 Å². The number of ether oxygens (including phenoxy) is 1. The largest absolute Gasteiger partial charge is 0.494 e. The van der Waals surface area contributed by atoms with Crippen molar-refractivity contribution in [2.45, 2.75) is 20.3 Å². The van der Waals surface area contributed by atoms with Gasteiger partial charge >= 0.3 is 0 Å². The molecule has 3 rings (SSSR count). The average Bonchev–Trinajstić information content (AvgIpc) is 2.73. The Hall–Kier alpha value is -2.44. The first kappa shape index (κ1) is 23.2. The van der Waals surface area contributed by atoms with E-state index in [2.05, 4.69) is 24.1 Å². The maximum absolute atomic E-state index is 12.7. The Morgan fingerprint density at radius 1 is 1.06 bits per heavy atom. The number of methoxy groups -OCH3 is 1. The number of nitrogens with one attached hydrogen (secondary N) is 1. The summed E-state index contributed by atoms with van der Waals surface area (Å²) in [5.41, 5.74) is 1.97. The number of rotatable bonds is 6. The van der Waals surface area contributed by atoms with Crippen molar-refractivity contribution >= 4 is 46.4 Å². The SMILES string of the molecule is COc1c(Cl)cc(Cl)cc1C(=O)Nc1ccc(N2CCN(C(=O)CC(C)C)CC2)cc1. The van der Waals surface area contributed by atoms with E-state index in [0.29, 0.717) is 23.0 Å². The van der Waals surface area contributed by atoms with Crippen molar-refractivity contribution in [3.05, 3.63) is 52.0 Å². The molecular weight excluding hydrogens is 437 g/mol. The lowest BCUT2D eigenvalue weighted by atomic mass is 10.1. The molecule has 0 radical (unpaired) electrons. The molecule has 0 bridgehead atoms. The van der Waals surface area contributed by atoms with Crippen LogP contribution in [0.1, 0.15) is 30.6 Å². The fourth-order valence-electron chi connectivity index (χ4n) is 3.58. The second-order valence-electron chi connectivity index (χ2n) is 7.94. The van der Waals surface area contributed by atoms with Crippen molar-refractivity contribution in [2.75, 3.05) is 43.5 Å². The van der Waals surface area contributed by atoms with Crippen molar-refractivity contribution in [3.8, 4) is 5.75 Å². The van der Waals surface area contributed by atoms with Gasteiger partial charge in [-0.25, -0.2) is 0 Å². The normalized spacial score (nSPS) is 14.0. The molecular formula is C23H27Cl2N3O3. The van der Waals surface area contributed by atoms with Crippen molar-refractivity contribution in [1.82, 2.24) is 4.90 Å². The predicted octanol–water partition coefficient (Wildman–Crippen LogP) is 4.95. The fraction of sp³-hybridized carbons (Fsp3) is 0.391. The molecule has 8 heteroatoms. The van der Waals surface area contributed by atoms with Gasteiger partial charge in [0.05, 0.1) is 17.7 Å². The zero-order valence-corrected chi connectivity index (χ0v) is 19.5. The van der Waals surface area contributed by atoms with Gasteiger partial charge in [-0.15, -0.1) is 0 Å². The maximum atomic E-state index is 12.7. The number of halogens is 2. The van der Waals surface area contributed by atoms with Gasteiger partial charge in [0.25, 0.3) is 5.91 Å². The van der Waals surface area contributed by atoms with Crippen LogP contribution in [0.2, 0.25) is 10.0 Å². The van der Waals surface area contributed by atoms with Crippen molar-refractivity contribution < 1.29 is 14.3 Å². The molecule has 1 N–H and O–H groups in total. The number of carbonyl (C=O) groups is 2. The Morgan fingerprint density at radius 2 is 1.71 bits per heavy atom. The van der Waals surface area contributed by atoms with E-state index in [4.69, 9.17) is 27.9 Å². The van der Waals surface area contributed by atoms with Gasteiger partial charge in [0.1, 0.15) is 5.75 Å². The van der Waals surface area contributed by atoms with Crippen LogP contribution in [0.25, 0.3) is 0 Å². The smallest absolute Gasteiger partial charge is 0.259 e. The van der Waals surface area contributed by atoms with E-state index in [1.807, 2.05) is 29.2 Å². The topological polar surface area (TPSA) is 61.9 Å². The molecule has 2 aromatic carbocycles. The van der Waals surface area contributed by atoms with E-state index >= 15 is 0 Å². The summed E-state index contributed by atoms with van der Waals surface area (Å²) < 4.78 is 5.25. The third kappa shape index (κ3) is 5.83. The van der Waals surface area contributed by atoms with Gasteiger partial charge in [0, 0.05) is 49.0 Å². The van der Waals surface area contributed by atoms with E-state index in [0.717, 1.165) is 31.9 Å². The number of hydrogen-bond acceptors (Lipinski definition) is 4. The molecule has 0 aromatic heterocycles. The molecule has 0 atom stereocenters. The Balaban J connectivity index is 1.61. The van der Waals surface area contributed by atoms with Crippen LogP contribution in [0.4, 0.5) is 11.4 Å². The van der Waals surface area contributed by atoms with Crippen LogP contribution in [0, 0.1) is 5.92 Å². The van der Waals surface area contributed by atoms with Gasteiger partial charge < -0.3 is 19.9 Å². The predicted molar refractivity (Wildman–Crippen MR) is 126 cm³/mol. The first-order valence-corrected chi connectivity index (χ1v) is 11.0. The summed E-state index contributed by atoms with van der Waals surface area (Å²) in [6, 6.07) is 10.7. The number of anilines is 2. The third-order valence-corrected chi connectivity index (χ3v) is 5.66. The van der Waals surface area contributed by atoms with Gasteiger partial charge in [-0.2, -0.15) is 0 Å². The quantitative estimate of drug-likeness (QED) is 0.658. The summed E-state index contributed by atoms with van der Waals surface area (Å²) >= 11 is 12.2. The van der Waals surface area contributed by atoms with Crippen LogP contribution in [0.5, 0.6) is 5.75 Å². The molecule has 1 aliphatic heterocycles. The lowest BCUT2D eigenvalue weighted by Crippen LogP contribution is -2.49. The van der Waals surface area contributed by atoms with Gasteiger partial charge in [0.2, 0.25) is 5.91 Å². The zero-order chi connectivity index (χ0) is 22.5. The number of hydrogen-bond donors (Lipinski definition) is 1. The van der Waals surface area contributed by atoms with E-state index in [1.165, 1.54) is 19.2 Å². The first-order chi connectivity index (χ1) is 14.8. The van der Waals surface area contributed by atoms with E-state index < -0.39 is 0 Å². The lowest BCUT2D eigenvalue weighted by molar-refractivity contribution is -0.132. The van der Waals surface area contributed by atoms with Crippen LogP contribution >= 0.6 is 23.2 Å². The minimum absolute atomic E-state index is 0.226. The van der Waals surface area contributed by atoms with E-state index in [1.54, 1.807) is 0 Å². The standard InChI is InChI=1S/C23H27Cl2N3O3/c1-15(2)12-21(29)28-10-8-27(9-11-28)18-6-4-17(5-7-18)26-23(30)19-13-16(24)14-20(25)22(19)31-3/h4-7,13-15H,8-12H2,1-3H3,(H,26,30).